The summed E-state index contributed by atoms with van der Waals surface area (Å²) < 4.78 is 0. The molecule has 33 heavy (non-hydrogen) atoms. The number of hydrogen-bond acceptors (Lipinski definition) is 3. The summed E-state index contributed by atoms with van der Waals surface area (Å²) in [6.45, 7) is 5.18. The number of carbonyl (C=O) groups excluding carboxylic acids is 1. The quantitative estimate of drug-likeness (QED) is 0.518. The number of piperidine rings is 1. The highest BCUT2D eigenvalue weighted by molar-refractivity contribution is 5.79. The Morgan fingerprint density at radius 2 is 1.79 bits per heavy atom. The molecule has 0 aliphatic carbocycles. The monoisotopic (exact) mass is 439 g/mol. The van der Waals surface area contributed by atoms with Gasteiger partial charge in [0.25, 0.3) is 0 Å². The Kier molecular flexibility index (Phi) is 8.04. The van der Waals surface area contributed by atoms with E-state index in [0.29, 0.717) is 12.3 Å². The topological polar surface area (TPSA) is 45.2 Å². The van der Waals surface area contributed by atoms with E-state index >= 15 is 0 Å². The third-order valence-corrected chi connectivity index (χ3v) is 6.23. The van der Waals surface area contributed by atoms with Crippen LogP contribution in [0.3, 0.4) is 0 Å². The molecule has 1 aliphatic rings. The lowest BCUT2D eigenvalue weighted by molar-refractivity contribution is -0.121. The van der Waals surface area contributed by atoms with Gasteiger partial charge in [-0.15, -0.1) is 0 Å². The van der Waals surface area contributed by atoms with E-state index in [-0.39, 0.29) is 11.9 Å². The van der Waals surface area contributed by atoms with Gasteiger partial charge in [0.15, 0.2) is 0 Å². The Labute approximate surface area is 197 Å². The van der Waals surface area contributed by atoms with E-state index in [1.807, 2.05) is 60.8 Å². The first-order chi connectivity index (χ1) is 16.2. The second-order valence-corrected chi connectivity index (χ2v) is 9.00. The average molecular weight is 440 g/mol. The van der Waals surface area contributed by atoms with Crippen molar-refractivity contribution in [3.8, 4) is 0 Å². The molecule has 2 atom stereocenters. The maximum Gasteiger partial charge on any atom is 0.224 e. The number of rotatable bonds is 8. The molecule has 0 spiro atoms. The summed E-state index contributed by atoms with van der Waals surface area (Å²) >= 11 is 0. The fourth-order valence-corrected chi connectivity index (χ4v) is 4.74. The van der Waals surface area contributed by atoms with Gasteiger partial charge in [-0.05, 0) is 55.5 Å². The third-order valence-electron chi connectivity index (χ3n) is 6.23. The van der Waals surface area contributed by atoms with Gasteiger partial charge >= 0.3 is 0 Å². The van der Waals surface area contributed by atoms with Crippen LogP contribution in [0.5, 0.6) is 0 Å². The molecular formula is C29H33N3O. The van der Waals surface area contributed by atoms with Gasteiger partial charge in [-0.2, -0.15) is 0 Å². The van der Waals surface area contributed by atoms with Gasteiger partial charge < -0.3 is 5.32 Å². The summed E-state index contributed by atoms with van der Waals surface area (Å²) in [6.07, 6.45) is 6.69. The van der Waals surface area contributed by atoms with Gasteiger partial charge in [0.05, 0.1) is 18.2 Å². The number of hydrogen-bond donors (Lipinski definition) is 1. The highest BCUT2D eigenvalue weighted by atomic mass is 16.1. The summed E-state index contributed by atoms with van der Waals surface area (Å²) in [6, 6.07) is 26.3. The van der Waals surface area contributed by atoms with E-state index < -0.39 is 0 Å². The SMILES string of the molecule is CC(=Cc1ccccc1)CN1CCCC(C(NC(=O)Cc2ccccc2)c2ccccn2)C1. The summed E-state index contributed by atoms with van der Waals surface area (Å²) in [7, 11) is 0. The largest absolute Gasteiger partial charge is 0.347 e. The van der Waals surface area contributed by atoms with Crippen molar-refractivity contribution >= 4 is 12.0 Å². The number of pyridine rings is 1. The van der Waals surface area contributed by atoms with Gasteiger partial charge in [0.1, 0.15) is 0 Å². The zero-order valence-electron chi connectivity index (χ0n) is 19.4. The molecular weight excluding hydrogens is 406 g/mol. The molecule has 0 bridgehead atoms. The van der Waals surface area contributed by atoms with Crippen molar-refractivity contribution in [3.05, 3.63) is 107 Å². The number of benzene rings is 2. The van der Waals surface area contributed by atoms with E-state index in [9.17, 15) is 4.79 Å². The molecule has 3 aromatic rings. The van der Waals surface area contributed by atoms with Crippen molar-refractivity contribution in [2.24, 2.45) is 5.92 Å². The number of nitrogens with zero attached hydrogens (tertiary/aromatic N) is 2. The van der Waals surface area contributed by atoms with Crippen LogP contribution in [-0.2, 0) is 11.2 Å². The van der Waals surface area contributed by atoms with Crippen molar-refractivity contribution in [1.82, 2.24) is 15.2 Å². The summed E-state index contributed by atoms with van der Waals surface area (Å²) in [4.78, 5) is 20.1. The Morgan fingerprint density at radius 1 is 1.06 bits per heavy atom. The van der Waals surface area contributed by atoms with Gasteiger partial charge in [-0.25, -0.2) is 0 Å². The number of likely N-dealkylation sites (tertiary alicyclic amines) is 1. The van der Waals surface area contributed by atoms with Crippen molar-refractivity contribution in [1.29, 1.82) is 0 Å². The highest BCUT2D eigenvalue weighted by Crippen LogP contribution is 2.29. The Balaban J connectivity index is 1.44. The number of amides is 1. The standard InChI is InChI=1S/C29H33N3O/c1-23(19-24-11-4-2-5-12-24)21-32-18-10-15-26(22-32)29(27-16-8-9-17-30-27)31-28(33)20-25-13-6-3-7-14-25/h2-9,11-14,16-17,19,26,29H,10,15,18,20-22H2,1H3,(H,31,33). The molecule has 2 heterocycles. The first-order valence-corrected chi connectivity index (χ1v) is 11.9. The molecule has 0 saturated carbocycles. The molecule has 2 aromatic carbocycles. The molecule has 1 aromatic heterocycles. The number of nitrogens with one attached hydrogen (secondary N) is 1. The zero-order chi connectivity index (χ0) is 22.9. The second-order valence-electron chi connectivity index (χ2n) is 9.00. The fourth-order valence-electron chi connectivity index (χ4n) is 4.74. The van der Waals surface area contributed by atoms with E-state index in [2.05, 4.69) is 52.5 Å². The number of carbonyl (C=O) groups is 1. The van der Waals surface area contributed by atoms with Crippen molar-refractivity contribution in [2.45, 2.75) is 32.2 Å². The van der Waals surface area contributed by atoms with Crippen molar-refractivity contribution < 1.29 is 4.79 Å². The van der Waals surface area contributed by atoms with Crippen LogP contribution < -0.4 is 5.32 Å². The second kappa shape index (κ2) is 11.6. The van der Waals surface area contributed by atoms with Crippen LogP contribution in [0.15, 0.2) is 90.6 Å². The van der Waals surface area contributed by atoms with E-state index in [0.717, 1.165) is 43.7 Å². The van der Waals surface area contributed by atoms with Crippen molar-refractivity contribution in [3.63, 3.8) is 0 Å². The first kappa shape index (κ1) is 22.9. The summed E-state index contributed by atoms with van der Waals surface area (Å²) in [5, 5.41) is 3.32. The minimum atomic E-state index is -0.0800. The fraction of sp³-hybridized carbons (Fsp3) is 0.310. The lowest BCUT2D eigenvalue weighted by Crippen LogP contribution is -2.44. The molecule has 4 rings (SSSR count). The van der Waals surface area contributed by atoms with Crippen LogP contribution in [0.1, 0.15) is 42.6 Å². The molecule has 1 fully saturated rings. The minimum Gasteiger partial charge on any atom is -0.347 e. The van der Waals surface area contributed by atoms with Crippen LogP contribution in [-0.4, -0.2) is 35.4 Å². The Hall–Kier alpha value is -3.24. The van der Waals surface area contributed by atoms with Crippen LogP contribution >= 0.6 is 0 Å². The van der Waals surface area contributed by atoms with E-state index in [1.54, 1.807) is 0 Å². The molecule has 4 heteroatoms. The van der Waals surface area contributed by atoms with Gasteiger partial charge in [0.2, 0.25) is 5.91 Å². The van der Waals surface area contributed by atoms with Gasteiger partial charge in [-0.3, -0.25) is 14.7 Å². The van der Waals surface area contributed by atoms with Crippen LogP contribution in [0.4, 0.5) is 0 Å². The molecule has 170 valence electrons. The van der Waals surface area contributed by atoms with Crippen LogP contribution in [0, 0.1) is 5.92 Å². The molecule has 1 amide bonds. The molecule has 1 aliphatic heterocycles. The molecule has 0 radical (unpaired) electrons. The van der Waals surface area contributed by atoms with Crippen molar-refractivity contribution in [2.75, 3.05) is 19.6 Å². The third kappa shape index (κ3) is 6.87. The van der Waals surface area contributed by atoms with E-state index in [4.69, 9.17) is 0 Å². The molecule has 1 saturated heterocycles. The Bertz CT molecular complexity index is 1030. The summed E-state index contributed by atoms with van der Waals surface area (Å²) in [5.41, 5.74) is 4.57. The van der Waals surface area contributed by atoms with Crippen LogP contribution in [0.25, 0.3) is 6.08 Å². The average Bonchev–Trinajstić information content (AvgIpc) is 2.84. The molecule has 4 nitrogen and oxygen atoms in total. The maximum atomic E-state index is 12.9. The minimum absolute atomic E-state index is 0.0501. The van der Waals surface area contributed by atoms with Gasteiger partial charge in [0, 0.05) is 19.3 Å². The zero-order valence-corrected chi connectivity index (χ0v) is 19.4. The first-order valence-electron chi connectivity index (χ1n) is 11.9. The molecule has 2 unspecified atom stereocenters. The van der Waals surface area contributed by atoms with Crippen LogP contribution in [0.2, 0.25) is 0 Å². The van der Waals surface area contributed by atoms with Gasteiger partial charge in [-0.1, -0.05) is 78.4 Å². The normalized spacial score (nSPS) is 18.0. The predicted octanol–water partition coefficient (Wildman–Crippen LogP) is 5.30. The lowest BCUT2D eigenvalue weighted by Gasteiger charge is -2.37. The molecule has 1 N–H and O–H groups in total. The highest BCUT2D eigenvalue weighted by Gasteiger charge is 2.30. The maximum absolute atomic E-state index is 12.9. The smallest absolute Gasteiger partial charge is 0.224 e. The summed E-state index contributed by atoms with van der Waals surface area (Å²) in [5.74, 6) is 0.382. The lowest BCUT2D eigenvalue weighted by atomic mass is 9.88. The predicted molar refractivity (Wildman–Crippen MR) is 135 cm³/mol. The Morgan fingerprint density at radius 3 is 2.52 bits per heavy atom. The van der Waals surface area contributed by atoms with E-state index in [1.165, 1.54) is 11.1 Å². The number of aromatic nitrogens is 1.